The van der Waals surface area contributed by atoms with E-state index < -0.39 is 10.0 Å². The number of rotatable bonds is 7. The number of nitrogens with one attached hydrogen (secondary N) is 1. The van der Waals surface area contributed by atoms with Crippen LogP contribution in [0.25, 0.3) is 21.1 Å². The second-order valence-corrected chi connectivity index (χ2v) is 11.8. The standard InChI is InChI=1S/C23H23ClFN3O3S2/c24-17-3-2-16-12-22(32-21(16)13-17)33(29,30)26-8-1-9-28-10-6-15(7-11-28)23-19-5-4-18(25)14-20(19)31-27-23/h2-5,12-15,26H,1,6-11H2. The van der Waals surface area contributed by atoms with Gasteiger partial charge in [-0.3, -0.25) is 0 Å². The number of sulfonamides is 1. The van der Waals surface area contributed by atoms with Gasteiger partial charge in [-0.15, -0.1) is 11.3 Å². The monoisotopic (exact) mass is 507 g/mol. The third kappa shape index (κ3) is 4.93. The molecular weight excluding hydrogens is 485 g/mol. The lowest BCUT2D eigenvalue weighted by molar-refractivity contribution is 0.208. The first-order chi connectivity index (χ1) is 15.9. The van der Waals surface area contributed by atoms with Gasteiger partial charge in [0.25, 0.3) is 0 Å². The van der Waals surface area contributed by atoms with E-state index in [4.69, 9.17) is 16.1 Å². The van der Waals surface area contributed by atoms with Gasteiger partial charge in [0, 0.05) is 33.6 Å². The zero-order valence-electron chi connectivity index (χ0n) is 17.8. The molecule has 5 rings (SSSR count). The summed E-state index contributed by atoms with van der Waals surface area (Å²) in [5.41, 5.74) is 1.39. The Labute approximate surface area is 200 Å². The lowest BCUT2D eigenvalue weighted by Crippen LogP contribution is -2.35. The van der Waals surface area contributed by atoms with Crippen molar-refractivity contribution in [2.75, 3.05) is 26.2 Å². The minimum absolute atomic E-state index is 0.285. The fraction of sp³-hybridized carbons (Fsp3) is 0.348. The number of hydrogen-bond donors (Lipinski definition) is 1. The molecule has 0 amide bonds. The van der Waals surface area contributed by atoms with Gasteiger partial charge in [-0.1, -0.05) is 22.8 Å². The van der Waals surface area contributed by atoms with Gasteiger partial charge < -0.3 is 9.42 Å². The van der Waals surface area contributed by atoms with Gasteiger partial charge in [0.1, 0.15) is 10.0 Å². The van der Waals surface area contributed by atoms with Crippen LogP contribution in [0.4, 0.5) is 4.39 Å². The smallest absolute Gasteiger partial charge is 0.250 e. The number of aromatic nitrogens is 1. The van der Waals surface area contributed by atoms with Gasteiger partial charge in [0.2, 0.25) is 10.0 Å². The van der Waals surface area contributed by atoms with Gasteiger partial charge in [-0.25, -0.2) is 17.5 Å². The van der Waals surface area contributed by atoms with E-state index in [1.807, 2.05) is 6.07 Å². The maximum atomic E-state index is 13.4. The summed E-state index contributed by atoms with van der Waals surface area (Å²) < 4.78 is 47.9. The number of benzene rings is 2. The molecule has 0 bridgehead atoms. The predicted octanol–water partition coefficient (Wildman–Crippen LogP) is 5.38. The Balaban J connectivity index is 1.11. The maximum absolute atomic E-state index is 13.4. The molecule has 174 valence electrons. The third-order valence-corrected chi connectivity index (χ3v) is 9.37. The molecular formula is C23H23ClFN3O3S2. The van der Waals surface area contributed by atoms with Crippen molar-refractivity contribution in [3.63, 3.8) is 0 Å². The van der Waals surface area contributed by atoms with E-state index >= 15 is 0 Å². The molecule has 1 aliphatic rings. The van der Waals surface area contributed by atoms with Crippen LogP contribution in [0, 0.1) is 5.82 Å². The Morgan fingerprint density at radius 3 is 2.82 bits per heavy atom. The predicted molar refractivity (Wildman–Crippen MR) is 129 cm³/mol. The number of halogens is 2. The van der Waals surface area contributed by atoms with E-state index in [2.05, 4.69) is 14.8 Å². The topological polar surface area (TPSA) is 75.4 Å². The fourth-order valence-electron chi connectivity index (χ4n) is 4.35. The molecule has 10 heteroatoms. The van der Waals surface area contributed by atoms with Crippen LogP contribution < -0.4 is 4.72 Å². The van der Waals surface area contributed by atoms with Gasteiger partial charge in [-0.05, 0) is 74.6 Å². The van der Waals surface area contributed by atoms with Crippen molar-refractivity contribution < 1.29 is 17.3 Å². The summed E-state index contributed by atoms with van der Waals surface area (Å²) in [5.74, 6) is -0.0414. The highest BCUT2D eigenvalue weighted by molar-refractivity contribution is 7.91. The SMILES string of the molecule is O=S(=O)(NCCCN1CCC(c2noc3cc(F)ccc23)CC1)c1cc2ccc(Cl)cc2s1. The quantitative estimate of drug-likeness (QED) is 0.340. The molecule has 2 aromatic carbocycles. The normalized spacial score (nSPS) is 16.2. The molecule has 0 radical (unpaired) electrons. The van der Waals surface area contributed by atoms with Gasteiger partial charge in [0.05, 0.1) is 5.69 Å². The zero-order valence-corrected chi connectivity index (χ0v) is 20.1. The van der Waals surface area contributed by atoms with E-state index in [1.54, 1.807) is 24.3 Å². The van der Waals surface area contributed by atoms with E-state index in [0.29, 0.717) is 21.4 Å². The molecule has 0 atom stereocenters. The zero-order chi connectivity index (χ0) is 23.0. The van der Waals surface area contributed by atoms with Gasteiger partial charge in [-0.2, -0.15) is 0 Å². The highest BCUT2D eigenvalue weighted by Crippen LogP contribution is 2.33. The largest absolute Gasteiger partial charge is 0.356 e. The van der Waals surface area contributed by atoms with E-state index in [-0.39, 0.29) is 11.7 Å². The van der Waals surface area contributed by atoms with Crippen molar-refractivity contribution >= 4 is 54.0 Å². The van der Waals surface area contributed by atoms with Crippen molar-refractivity contribution in [1.29, 1.82) is 0 Å². The Hall–Kier alpha value is -2.04. The molecule has 1 N–H and O–H groups in total. The summed E-state index contributed by atoms with van der Waals surface area (Å²) in [7, 11) is -3.54. The number of hydrogen-bond acceptors (Lipinski definition) is 6. The third-order valence-electron chi connectivity index (χ3n) is 6.10. The molecule has 0 spiro atoms. The summed E-state index contributed by atoms with van der Waals surface area (Å²) >= 11 is 7.23. The highest BCUT2D eigenvalue weighted by Gasteiger charge is 2.25. The second-order valence-electron chi connectivity index (χ2n) is 8.32. The molecule has 1 saturated heterocycles. The van der Waals surface area contributed by atoms with Crippen LogP contribution in [0.2, 0.25) is 5.02 Å². The Morgan fingerprint density at radius 1 is 1.18 bits per heavy atom. The molecule has 2 aromatic heterocycles. The highest BCUT2D eigenvalue weighted by atomic mass is 35.5. The first kappa shape index (κ1) is 22.7. The Morgan fingerprint density at radius 2 is 2.00 bits per heavy atom. The maximum Gasteiger partial charge on any atom is 0.250 e. The van der Waals surface area contributed by atoms with Crippen molar-refractivity contribution in [3.05, 3.63) is 59.0 Å². The van der Waals surface area contributed by atoms with Crippen LogP contribution in [0.3, 0.4) is 0 Å². The van der Waals surface area contributed by atoms with Crippen molar-refractivity contribution in [3.8, 4) is 0 Å². The molecule has 33 heavy (non-hydrogen) atoms. The molecule has 4 aromatic rings. The van der Waals surface area contributed by atoms with Crippen LogP contribution in [-0.2, 0) is 10.0 Å². The van der Waals surface area contributed by atoms with E-state index in [1.165, 1.54) is 23.5 Å². The average Bonchev–Trinajstić information content (AvgIpc) is 3.41. The summed E-state index contributed by atoms with van der Waals surface area (Å²) in [5, 5.41) is 6.54. The molecule has 1 fully saturated rings. The minimum Gasteiger partial charge on any atom is -0.356 e. The van der Waals surface area contributed by atoms with Crippen LogP contribution in [0.5, 0.6) is 0 Å². The number of nitrogens with zero attached hydrogens (tertiary/aromatic N) is 2. The van der Waals surface area contributed by atoms with E-state index in [9.17, 15) is 12.8 Å². The summed E-state index contributed by atoms with van der Waals surface area (Å²) in [6.07, 6.45) is 2.61. The summed E-state index contributed by atoms with van der Waals surface area (Å²) in [6, 6.07) is 11.6. The van der Waals surface area contributed by atoms with Crippen LogP contribution in [0.15, 0.2) is 51.2 Å². The average molecular weight is 508 g/mol. The van der Waals surface area contributed by atoms with Crippen molar-refractivity contribution in [1.82, 2.24) is 14.8 Å². The molecule has 0 aliphatic carbocycles. The number of thiophene rings is 1. The first-order valence-electron chi connectivity index (χ1n) is 10.8. The molecule has 3 heterocycles. The van der Waals surface area contributed by atoms with Gasteiger partial charge in [0.15, 0.2) is 5.58 Å². The summed E-state index contributed by atoms with van der Waals surface area (Å²) in [4.78, 5) is 2.34. The number of likely N-dealkylation sites (tertiary alicyclic amines) is 1. The Kier molecular flexibility index (Phi) is 6.41. The second kappa shape index (κ2) is 9.31. The lowest BCUT2D eigenvalue weighted by atomic mass is 9.91. The van der Waals surface area contributed by atoms with E-state index in [0.717, 1.165) is 60.1 Å². The number of piperidine rings is 1. The van der Waals surface area contributed by atoms with Crippen LogP contribution in [0.1, 0.15) is 30.9 Å². The molecule has 1 aliphatic heterocycles. The fourth-order valence-corrected chi connectivity index (χ4v) is 7.14. The molecule has 6 nitrogen and oxygen atoms in total. The van der Waals surface area contributed by atoms with Gasteiger partial charge >= 0.3 is 0 Å². The van der Waals surface area contributed by atoms with Crippen LogP contribution in [-0.4, -0.2) is 44.7 Å². The number of fused-ring (bicyclic) bond motifs is 2. The van der Waals surface area contributed by atoms with Crippen molar-refractivity contribution in [2.24, 2.45) is 0 Å². The van der Waals surface area contributed by atoms with Crippen LogP contribution >= 0.6 is 22.9 Å². The molecule has 0 saturated carbocycles. The van der Waals surface area contributed by atoms with Crippen molar-refractivity contribution in [2.45, 2.75) is 29.4 Å². The minimum atomic E-state index is -3.54. The Bertz CT molecular complexity index is 1390. The molecule has 0 unspecified atom stereocenters. The summed E-state index contributed by atoms with van der Waals surface area (Å²) in [6.45, 7) is 3.02. The first-order valence-corrected chi connectivity index (χ1v) is 13.5. The lowest BCUT2D eigenvalue weighted by Gasteiger charge is -2.31.